The lowest BCUT2D eigenvalue weighted by molar-refractivity contribution is -0.159. The minimum Gasteiger partial charge on any atom is -0.340 e. The number of rotatable bonds is 2. The van der Waals surface area contributed by atoms with Crippen molar-refractivity contribution in [1.82, 2.24) is 10.2 Å². The lowest BCUT2D eigenvalue weighted by atomic mass is 9.86. The third-order valence-electron chi connectivity index (χ3n) is 4.96. The van der Waals surface area contributed by atoms with Gasteiger partial charge in [0.05, 0.1) is 0 Å². The molecule has 0 bridgehead atoms. The maximum atomic E-state index is 13.1. The van der Waals surface area contributed by atoms with Crippen molar-refractivity contribution in [3.8, 4) is 0 Å². The first kappa shape index (κ1) is 14.2. The highest BCUT2D eigenvalue weighted by Gasteiger charge is 2.54. The molecule has 112 valence electrons. The number of amides is 2. The topological polar surface area (TPSA) is 49.4 Å². The average Bonchev–Trinajstić information content (AvgIpc) is 3.04. The van der Waals surface area contributed by atoms with E-state index in [4.69, 9.17) is 0 Å². The van der Waals surface area contributed by atoms with Gasteiger partial charge in [0, 0.05) is 11.8 Å². The summed E-state index contributed by atoms with van der Waals surface area (Å²) in [5.41, 5.74) is -0.574. The highest BCUT2D eigenvalue weighted by atomic mass is 32.2. The Balaban J connectivity index is 1.94. The van der Waals surface area contributed by atoms with Gasteiger partial charge in [0.1, 0.15) is 11.6 Å². The van der Waals surface area contributed by atoms with Crippen molar-refractivity contribution in [3.05, 3.63) is 0 Å². The number of carbonyl (C=O) groups excluding carboxylic acids is 2. The quantitative estimate of drug-likeness (QED) is 0.845. The normalized spacial score (nSPS) is 33.2. The van der Waals surface area contributed by atoms with Crippen LogP contribution in [0.3, 0.4) is 0 Å². The van der Waals surface area contributed by atoms with Crippen LogP contribution in [-0.2, 0) is 9.59 Å². The fourth-order valence-corrected chi connectivity index (χ4v) is 5.14. The summed E-state index contributed by atoms with van der Waals surface area (Å²) in [6.45, 7) is 4.08. The van der Waals surface area contributed by atoms with Gasteiger partial charge in [-0.2, -0.15) is 11.8 Å². The largest absolute Gasteiger partial charge is 0.340 e. The molecule has 2 heterocycles. The first-order chi connectivity index (χ1) is 9.55. The van der Waals surface area contributed by atoms with E-state index in [2.05, 4.69) is 5.32 Å². The minimum absolute atomic E-state index is 0.0680. The molecule has 3 rings (SSSR count). The van der Waals surface area contributed by atoms with E-state index in [-0.39, 0.29) is 29.8 Å². The molecule has 1 N–H and O–H groups in total. The van der Waals surface area contributed by atoms with E-state index >= 15 is 0 Å². The summed E-state index contributed by atoms with van der Waals surface area (Å²) >= 11 is 1.90. The van der Waals surface area contributed by atoms with Crippen molar-refractivity contribution in [2.24, 2.45) is 5.92 Å². The molecular weight excluding hydrogens is 272 g/mol. The predicted molar refractivity (Wildman–Crippen MR) is 80.5 cm³/mol. The van der Waals surface area contributed by atoms with Crippen LogP contribution < -0.4 is 5.32 Å². The van der Waals surface area contributed by atoms with Crippen LogP contribution in [-0.4, -0.2) is 45.8 Å². The summed E-state index contributed by atoms with van der Waals surface area (Å²) in [5, 5.41) is 3.09. The molecule has 1 saturated carbocycles. The smallest absolute Gasteiger partial charge is 0.249 e. The lowest BCUT2D eigenvalue weighted by Gasteiger charge is -2.48. The van der Waals surface area contributed by atoms with Gasteiger partial charge in [-0.25, -0.2) is 0 Å². The van der Waals surface area contributed by atoms with Crippen LogP contribution in [0.15, 0.2) is 0 Å². The number of piperazine rings is 1. The van der Waals surface area contributed by atoms with Crippen molar-refractivity contribution in [3.63, 3.8) is 0 Å². The van der Waals surface area contributed by atoms with Crippen LogP contribution in [0.5, 0.6) is 0 Å². The molecule has 2 saturated heterocycles. The van der Waals surface area contributed by atoms with E-state index in [0.29, 0.717) is 0 Å². The van der Waals surface area contributed by atoms with E-state index in [1.54, 1.807) is 0 Å². The van der Waals surface area contributed by atoms with Crippen molar-refractivity contribution < 1.29 is 9.59 Å². The Morgan fingerprint density at radius 1 is 1.30 bits per heavy atom. The van der Waals surface area contributed by atoms with Crippen LogP contribution in [0.4, 0.5) is 0 Å². The van der Waals surface area contributed by atoms with Gasteiger partial charge in [-0.1, -0.05) is 26.7 Å². The summed E-state index contributed by atoms with van der Waals surface area (Å²) in [5.74, 6) is 2.52. The molecule has 2 unspecified atom stereocenters. The summed E-state index contributed by atoms with van der Waals surface area (Å²) in [4.78, 5) is 27.7. The standard InChI is InChI=1S/C15H24N2O2S/c1-10(2)12-13(18)16-15(6-3-4-7-15)14(19)17(12)11-5-8-20-9-11/h10-12H,3-9H2,1-2H3,(H,16,18). The van der Waals surface area contributed by atoms with Crippen LogP contribution in [0.25, 0.3) is 0 Å². The molecule has 3 fully saturated rings. The Hall–Kier alpha value is -0.710. The molecule has 3 aliphatic rings. The van der Waals surface area contributed by atoms with Gasteiger partial charge in [0.2, 0.25) is 11.8 Å². The highest BCUT2D eigenvalue weighted by Crippen LogP contribution is 2.38. The molecule has 0 radical (unpaired) electrons. The number of thioether (sulfide) groups is 1. The molecule has 1 aliphatic carbocycles. The fourth-order valence-electron chi connectivity index (χ4n) is 3.94. The third-order valence-corrected chi connectivity index (χ3v) is 6.11. The van der Waals surface area contributed by atoms with Crippen molar-refractivity contribution in [1.29, 1.82) is 0 Å². The second kappa shape index (κ2) is 5.24. The first-order valence-corrected chi connectivity index (χ1v) is 8.93. The van der Waals surface area contributed by atoms with Gasteiger partial charge >= 0.3 is 0 Å². The predicted octanol–water partition coefficient (Wildman–Crippen LogP) is 1.79. The number of nitrogens with zero attached hydrogens (tertiary/aromatic N) is 1. The van der Waals surface area contributed by atoms with Crippen molar-refractivity contribution >= 4 is 23.6 Å². The van der Waals surface area contributed by atoms with Gasteiger partial charge < -0.3 is 10.2 Å². The second-order valence-electron chi connectivity index (χ2n) is 6.70. The zero-order valence-corrected chi connectivity index (χ0v) is 13.2. The SMILES string of the molecule is CC(C)C1C(=O)NC2(CCCC2)C(=O)N1C1CCSC1. The average molecular weight is 296 g/mol. The maximum Gasteiger partial charge on any atom is 0.249 e. The molecule has 4 nitrogen and oxygen atoms in total. The molecule has 2 aliphatic heterocycles. The molecule has 0 aromatic carbocycles. The molecule has 0 aromatic rings. The van der Waals surface area contributed by atoms with E-state index < -0.39 is 5.54 Å². The Labute approximate surface area is 125 Å². The summed E-state index contributed by atoms with van der Waals surface area (Å²) in [7, 11) is 0. The summed E-state index contributed by atoms with van der Waals surface area (Å²) in [6, 6.07) is -0.0270. The molecular formula is C15H24N2O2S. The Bertz CT molecular complexity index is 412. The van der Waals surface area contributed by atoms with E-state index in [9.17, 15) is 9.59 Å². The molecule has 5 heteroatoms. The Morgan fingerprint density at radius 2 is 2.00 bits per heavy atom. The zero-order valence-electron chi connectivity index (χ0n) is 12.4. The Morgan fingerprint density at radius 3 is 2.55 bits per heavy atom. The summed E-state index contributed by atoms with van der Waals surface area (Å²) in [6.07, 6.45) is 4.76. The van der Waals surface area contributed by atoms with Crippen LogP contribution >= 0.6 is 11.8 Å². The van der Waals surface area contributed by atoms with Gasteiger partial charge in [0.25, 0.3) is 0 Å². The van der Waals surface area contributed by atoms with Crippen LogP contribution in [0.1, 0.15) is 46.0 Å². The number of hydrogen-bond acceptors (Lipinski definition) is 3. The molecule has 2 atom stereocenters. The number of hydrogen-bond donors (Lipinski definition) is 1. The molecule has 20 heavy (non-hydrogen) atoms. The van der Waals surface area contributed by atoms with Gasteiger partial charge in [-0.3, -0.25) is 9.59 Å². The summed E-state index contributed by atoms with van der Waals surface area (Å²) < 4.78 is 0. The van der Waals surface area contributed by atoms with Gasteiger partial charge in [0.15, 0.2) is 0 Å². The van der Waals surface area contributed by atoms with E-state index in [0.717, 1.165) is 43.6 Å². The highest BCUT2D eigenvalue weighted by molar-refractivity contribution is 7.99. The lowest BCUT2D eigenvalue weighted by Crippen LogP contribution is -2.72. The van der Waals surface area contributed by atoms with Gasteiger partial charge in [-0.15, -0.1) is 0 Å². The minimum atomic E-state index is -0.574. The van der Waals surface area contributed by atoms with Crippen LogP contribution in [0.2, 0.25) is 0 Å². The molecule has 1 spiro atoms. The van der Waals surface area contributed by atoms with Crippen molar-refractivity contribution in [2.45, 2.75) is 63.6 Å². The molecule has 0 aromatic heterocycles. The maximum absolute atomic E-state index is 13.1. The Kier molecular flexibility index (Phi) is 3.73. The zero-order chi connectivity index (χ0) is 14.3. The van der Waals surface area contributed by atoms with Crippen molar-refractivity contribution in [2.75, 3.05) is 11.5 Å². The first-order valence-electron chi connectivity index (χ1n) is 7.78. The van der Waals surface area contributed by atoms with Gasteiger partial charge in [-0.05, 0) is 30.9 Å². The number of nitrogens with one attached hydrogen (secondary N) is 1. The third kappa shape index (κ3) is 2.14. The van der Waals surface area contributed by atoms with E-state index in [1.165, 1.54) is 0 Å². The van der Waals surface area contributed by atoms with Crippen LogP contribution in [0, 0.1) is 5.92 Å². The monoisotopic (exact) mass is 296 g/mol. The second-order valence-corrected chi connectivity index (χ2v) is 7.85. The fraction of sp³-hybridized carbons (Fsp3) is 0.867. The number of carbonyl (C=O) groups is 2. The van der Waals surface area contributed by atoms with E-state index in [1.807, 2.05) is 30.5 Å². The molecule has 2 amide bonds.